The average molecular weight is 344 g/mol. The lowest BCUT2D eigenvalue weighted by atomic mass is 10.1. The highest BCUT2D eigenvalue weighted by molar-refractivity contribution is 7.80. The summed E-state index contributed by atoms with van der Waals surface area (Å²) in [6.07, 6.45) is 1.03. The van der Waals surface area contributed by atoms with Crippen LogP contribution in [0.3, 0.4) is 0 Å². The molecule has 0 saturated heterocycles. The smallest absolute Gasteiger partial charge is 0.328 e. The molecule has 0 radical (unpaired) electrons. The summed E-state index contributed by atoms with van der Waals surface area (Å²) in [5.41, 5.74) is 11.6. The van der Waals surface area contributed by atoms with Crippen molar-refractivity contribution in [2.24, 2.45) is 11.5 Å². The van der Waals surface area contributed by atoms with Crippen LogP contribution < -0.4 is 21.5 Å². The van der Waals surface area contributed by atoms with Gasteiger partial charge in [-0.15, -0.1) is 0 Å². The van der Waals surface area contributed by atoms with Crippen molar-refractivity contribution in [1.29, 1.82) is 0 Å². The van der Waals surface area contributed by atoms with E-state index >= 15 is 0 Å². The van der Waals surface area contributed by atoms with E-state index in [0.717, 1.165) is 0 Å². The summed E-state index contributed by atoms with van der Waals surface area (Å²) >= 11 is 4.66. The second-order valence-electron chi connectivity index (χ2n) is 4.63. The van der Waals surface area contributed by atoms with Crippen molar-refractivity contribution in [3.05, 3.63) is 29.8 Å². The van der Waals surface area contributed by atoms with Crippen molar-refractivity contribution in [3.8, 4) is 5.75 Å². The first-order chi connectivity index (χ1) is 10.9. The van der Waals surface area contributed by atoms with Gasteiger partial charge < -0.3 is 21.5 Å². The number of carbonyl (C=O) groups is 1. The molecule has 1 aromatic rings. The lowest BCUT2D eigenvalue weighted by molar-refractivity contribution is -0.497. The third kappa shape index (κ3) is 8.40. The third-order valence-electron chi connectivity index (χ3n) is 2.76. The van der Waals surface area contributed by atoms with Gasteiger partial charge in [-0.2, -0.15) is 0 Å². The molecule has 0 aliphatic rings. The van der Waals surface area contributed by atoms with Crippen LogP contribution in [0.5, 0.6) is 5.75 Å². The van der Waals surface area contributed by atoms with Gasteiger partial charge >= 0.3 is 5.97 Å². The minimum Gasteiger partial charge on any atom is -0.425 e. The van der Waals surface area contributed by atoms with Crippen LogP contribution in [0.2, 0.25) is 0 Å². The summed E-state index contributed by atoms with van der Waals surface area (Å²) < 4.78 is 5.17. The van der Waals surface area contributed by atoms with Gasteiger partial charge in [-0.1, -0.05) is 12.1 Å². The molecule has 0 spiro atoms. The van der Waals surface area contributed by atoms with Gasteiger partial charge in [-0.05, 0) is 42.8 Å². The number of carbonyl (C=O) groups excluding carboxylic acids is 1. The molecule has 7 N–H and O–H groups in total. The van der Waals surface area contributed by atoms with Gasteiger partial charge in [0.2, 0.25) is 0 Å². The monoisotopic (exact) mass is 344 g/mol. The van der Waals surface area contributed by atoms with Gasteiger partial charge in [0.05, 0.1) is 12.0 Å². The number of thiocarbonyl (C=S) groups is 1. The fraction of sp³-hybridized carbons (Fsp3) is 0.385. The number of benzene rings is 1. The van der Waals surface area contributed by atoms with Gasteiger partial charge in [0.25, 0.3) is 0 Å². The first-order valence-corrected chi connectivity index (χ1v) is 7.19. The van der Waals surface area contributed by atoms with Crippen molar-refractivity contribution in [3.63, 3.8) is 0 Å². The third-order valence-corrected chi connectivity index (χ3v) is 2.90. The zero-order chi connectivity index (χ0) is 17.2. The van der Waals surface area contributed by atoms with Crippen LogP contribution >= 0.6 is 12.2 Å². The molecule has 0 heterocycles. The Labute approximate surface area is 138 Å². The maximum atomic E-state index is 11.9. The van der Waals surface area contributed by atoms with Crippen molar-refractivity contribution >= 4 is 23.3 Å². The summed E-state index contributed by atoms with van der Waals surface area (Å²) in [7, 11) is 0. The maximum Gasteiger partial charge on any atom is 0.328 e. The van der Waals surface area contributed by atoms with Gasteiger partial charge in [-0.25, -0.2) is 9.63 Å². The fourth-order valence-corrected chi connectivity index (χ4v) is 1.78. The first-order valence-electron chi connectivity index (χ1n) is 6.79. The molecule has 1 rings (SSSR count). The van der Waals surface area contributed by atoms with Gasteiger partial charge in [-0.3, -0.25) is 10.4 Å². The number of rotatable bonds is 9. The summed E-state index contributed by atoms with van der Waals surface area (Å²) in [6.45, 7) is 0.428. The summed E-state index contributed by atoms with van der Waals surface area (Å²) in [6, 6.07) is 5.65. The van der Waals surface area contributed by atoms with Crippen molar-refractivity contribution < 1.29 is 24.8 Å². The molecule has 23 heavy (non-hydrogen) atoms. The zero-order valence-electron chi connectivity index (χ0n) is 12.3. The van der Waals surface area contributed by atoms with E-state index in [4.69, 9.17) is 26.6 Å². The normalized spacial score (nSPS) is 12.0. The highest BCUT2D eigenvalue weighted by Gasteiger charge is 2.15. The summed E-state index contributed by atoms with van der Waals surface area (Å²) in [5, 5.41) is 19.5. The lowest BCUT2D eigenvalue weighted by Gasteiger charge is -2.12. The quantitative estimate of drug-likeness (QED) is 0.137. The second kappa shape index (κ2) is 10.0. The predicted molar refractivity (Wildman–Crippen MR) is 84.3 cm³/mol. The minimum absolute atomic E-state index is 0.102. The number of hydrogen-bond acceptors (Lipinski definition) is 8. The Kier molecular flexibility index (Phi) is 8.40. The zero-order valence-corrected chi connectivity index (χ0v) is 13.2. The molecular weight excluding hydrogens is 324 g/mol. The Hall–Kier alpha value is -1.82. The van der Waals surface area contributed by atoms with E-state index < -0.39 is 17.4 Å². The van der Waals surface area contributed by atoms with Crippen LogP contribution in [0.1, 0.15) is 18.4 Å². The molecule has 10 heteroatoms. The highest BCUT2D eigenvalue weighted by atomic mass is 32.1. The number of esters is 1. The second-order valence-corrected chi connectivity index (χ2v) is 5.07. The van der Waals surface area contributed by atoms with Gasteiger partial charge in [0.15, 0.2) is 5.11 Å². The molecule has 0 aliphatic heterocycles. The molecule has 1 unspecified atom stereocenters. The number of hydrogen-bond donors (Lipinski definition) is 5. The molecular formula is C13H20N4O5S. The number of nitrogens with one attached hydrogen (secondary N) is 1. The van der Waals surface area contributed by atoms with Crippen molar-refractivity contribution in [2.45, 2.75) is 25.5 Å². The topological polar surface area (TPSA) is 143 Å². The molecule has 128 valence electrons. The standard InChI is InChI=1S/C13H20N4O5S/c14-11(5-2-6-16-13(15)23)12(18)22-10-4-1-3-9(7-10)8-21-17(19)20/h1,3-4,7,11,19-20H,2,5-6,8,14H2,(H3,15,16,23). The Bertz CT molecular complexity index is 529. The molecule has 0 fully saturated rings. The maximum absolute atomic E-state index is 11.9. The molecule has 0 amide bonds. The molecule has 1 aromatic carbocycles. The van der Waals surface area contributed by atoms with Crippen LogP contribution in [-0.2, 0) is 16.2 Å². The molecule has 1 atom stereocenters. The van der Waals surface area contributed by atoms with E-state index in [2.05, 4.69) is 22.4 Å². The van der Waals surface area contributed by atoms with E-state index in [1.54, 1.807) is 18.2 Å². The number of nitrogens with zero attached hydrogens (tertiary/aromatic N) is 1. The molecule has 0 bridgehead atoms. The van der Waals surface area contributed by atoms with Crippen LogP contribution in [-0.4, -0.2) is 39.5 Å². The Morgan fingerprint density at radius 2 is 2.17 bits per heavy atom. The Balaban J connectivity index is 2.43. The van der Waals surface area contributed by atoms with Crippen LogP contribution in [0.4, 0.5) is 0 Å². The summed E-state index contributed by atoms with van der Waals surface area (Å²) in [4.78, 5) is 16.4. The highest BCUT2D eigenvalue weighted by Crippen LogP contribution is 2.15. The Morgan fingerprint density at radius 3 is 2.83 bits per heavy atom. The Morgan fingerprint density at radius 1 is 1.43 bits per heavy atom. The predicted octanol–water partition coefficient (Wildman–Crippen LogP) is 0.0447. The summed E-state index contributed by atoms with van der Waals surface area (Å²) in [5.74, 6) is -0.278. The number of ether oxygens (including phenoxy) is 1. The minimum atomic E-state index is -0.770. The van der Waals surface area contributed by atoms with E-state index in [-0.39, 0.29) is 17.5 Å². The van der Waals surface area contributed by atoms with Crippen LogP contribution in [0.25, 0.3) is 0 Å². The largest absolute Gasteiger partial charge is 0.425 e. The van der Waals surface area contributed by atoms with E-state index in [1.165, 1.54) is 6.07 Å². The van der Waals surface area contributed by atoms with Crippen LogP contribution in [0.15, 0.2) is 24.3 Å². The van der Waals surface area contributed by atoms with Crippen molar-refractivity contribution in [2.75, 3.05) is 6.54 Å². The average Bonchev–Trinajstić information content (AvgIpc) is 2.49. The van der Waals surface area contributed by atoms with E-state index in [1.807, 2.05) is 0 Å². The fourth-order valence-electron chi connectivity index (χ4n) is 1.67. The van der Waals surface area contributed by atoms with Crippen molar-refractivity contribution in [1.82, 2.24) is 10.7 Å². The SMILES string of the molecule is NC(=S)NCCCC(N)C(=O)Oc1cccc(CON(O)O)c1. The lowest BCUT2D eigenvalue weighted by Crippen LogP contribution is -2.36. The van der Waals surface area contributed by atoms with E-state index in [9.17, 15) is 4.79 Å². The molecule has 0 aliphatic carbocycles. The molecule has 0 aromatic heterocycles. The molecule has 0 saturated carbocycles. The first kappa shape index (κ1) is 19.2. The number of nitrogens with two attached hydrogens (primary N) is 2. The van der Waals surface area contributed by atoms with Gasteiger partial charge in [0, 0.05) is 6.54 Å². The molecule has 9 nitrogen and oxygen atoms in total. The van der Waals surface area contributed by atoms with Gasteiger partial charge in [0.1, 0.15) is 11.8 Å². The van der Waals surface area contributed by atoms with E-state index in [0.29, 0.717) is 24.9 Å². The van der Waals surface area contributed by atoms with Crippen LogP contribution in [0, 0.1) is 0 Å².